The van der Waals surface area contributed by atoms with Crippen molar-refractivity contribution in [2.24, 2.45) is 0 Å². The SMILES string of the molecule is CNC(CSC1CCCCC1)c1ccsc1. The van der Waals surface area contributed by atoms with Crippen LogP contribution in [-0.2, 0) is 0 Å². The molecule has 1 N–H and O–H groups in total. The van der Waals surface area contributed by atoms with Crippen LogP contribution in [0.3, 0.4) is 0 Å². The van der Waals surface area contributed by atoms with E-state index in [1.807, 2.05) is 0 Å². The lowest BCUT2D eigenvalue weighted by atomic mass is 10.0. The number of thiophene rings is 1. The minimum Gasteiger partial charge on any atom is -0.312 e. The minimum absolute atomic E-state index is 0.540. The van der Waals surface area contributed by atoms with Crippen LogP contribution in [0, 0.1) is 0 Å². The highest BCUT2D eigenvalue weighted by Crippen LogP contribution is 2.31. The predicted octanol–water partition coefficient (Wildman–Crippen LogP) is 4.07. The number of thioether (sulfide) groups is 1. The highest BCUT2D eigenvalue weighted by molar-refractivity contribution is 7.99. The molecule has 0 aromatic carbocycles. The van der Waals surface area contributed by atoms with Gasteiger partial charge in [0.05, 0.1) is 0 Å². The van der Waals surface area contributed by atoms with E-state index in [0.29, 0.717) is 6.04 Å². The van der Waals surface area contributed by atoms with Crippen molar-refractivity contribution in [1.29, 1.82) is 0 Å². The third-order valence-electron chi connectivity index (χ3n) is 3.34. The summed E-state index contributed by atoms with van der Waals surface area (Å²) in [4.78, 5) is 0. The van der Waals surface area contributed by atoms with Gasteiger partial charge in [0.1, 0.15) is 0 Å². The second-order valence-electron chi connectivity index (χ2n) is 4.49. The average Bonchev–Trinajstić information content (AvgIpc) is 2.85. The molecule has 2 rings (SSSR count). The Labute approximate surface area is 107 Å². The molecule has 1 nitrogen and oxygen atoms in total. The fraction of sp³-hybridized carbons (Fsp3) is 0.692. The lowest BCUT2D eigenvalue weighted by Crippen LogP contribution is -2.20. The largest absolute Gasteiger partial charge is 0.312 e. The summed E-state index contributed by atoms with van der Waals surface area (Å²) >= 11 is 3.97. The molecule has 1 aromatic heterocycles. The van der Waals surface area contributed by atoms with Gasteiger partial charge in [-0.3, -0.25) is 0 Å². The quantitative estimate of drug-likeness (QED) is 0.851. The van der Waals surface area contributed by atoms with E-state index < -0.39 is 0 Å². The highest BCUT2D eigenvalue weighted by atomic mass is 32.2. The van der Waals surface area contributed by atoms with Crippen LogP contribution in [0.4, 0.5) is 0 Å². The lowest BCUT2D eigenvalue weighted by molar-refractivity contribution is 0.515. The van der Waals surface area contributed by atoms with Gasteiger partial charge in [0.2, 0.25) is 0 Å². The Morgan fingerprint density at radius 1 is 1.44 bits per heavy atom. The van der Waals surface area contributed by atoms with Crippen LogP contribution < -0.4 is 5.32 Å². The molecule has 1 fully saturated rings. The first-order chi connectivity index (χ1) is 7.90. The standard InChI is InChI=1S/C13H21NS2/c1-14-13(11-7-8-15-9-11)10-16-12-5-3-2-4-6-12/h7-9,12-14H,2-6,10H2,1H3. The van der Waals surface area contributed by atoms with Crippen LogP contribution in [0.15, 0.2) is 16.8 Å². The van der Waals surface area contributed by atoms with Gasteiger partial charge in [0, 0.05) is 17.0 Å². The molecule has 1 aliphatic carbocycles. The van der Waals surface area contributed by atoms with Gasteiger partial charge in [-0.2, -0.15) is 23.1 Å². The topological polar surface area (TPSA) is 12.0 Å². The van der Waals surface area contributed by atoms with Crippen LogP contribution in [-0.4, -0.2) is 18.1 Å². The third kappa shape index (κ3) is 3.51. The van der Waals surface area contributed by atoms with Crippen LogP contribution >= 0.6 is 23.1 Å². The molecule has 0 bridgehead atoms. The Morgan fingerprint density at radius 3 is 2.88 bits per heavy atom. The van der Waals surface area contributed by atoms with Crippen molar-refractivity contribution in [1.82, 2.24) is 5.32 Å². The molecule has 1 aromatic rings. The first-order valence-electron chi connectivity index (χ1n) is 6.21. The Hall–Kier alpha value is 0.01000. The summed E-state index contributed by atoms with van der Waals surface area (Å²) in [6.45, 7) is 0. The van der Waals surface area contributed by atoms with Crippen molar-refractivity contribution >= 4 is 23.1 Å². The molecule has 1 aliphatic rings. The van der Waals surface area contributed by atoms with E-state index in [1.54, 1.807) is 11.3 Å². The summed E-state index contributed by atoms with van der Waals surface area (Å²) in [5, 5.41) is 8.79. The van der Waals surface area contributed by atoms with Crippen molar-refractivity contribution in [2.45, 2.75) is 43.4 Å². The maximum Gasteiger partial charge on any atom is 0.0417 e. The molecule has 1 unspecified atom stereocenters. The average molecular weight is 255 g/mol. The maximum absolute atomic E-state index is 3.43. The fourth-order valence-corrected chi connectivity index (χ4v) is 4.49. The second-order valence-corrected chi connectivity index (χ2v) is 6.60. The van der Waals surface area contributed by atoms with Gasteiger partial charge in [0.15, 0.2) is 0 Å². The van der Waals surface area contributed by atoms with Gasteiger partial charge in [-0.25, -0.2) is 0 Å². The zero-order valence-electron chi connectivity index (χ0n) is 9.95. The molecular formula is C13H21NS2. The van der Waals surface area contributed by atoms with Crippen LogP contribution in [0.2, 0.25) is 0 Å². The third-order valence-corrected chi connectivity index (χ3v) is 5.51. The van der Waals surface area contributed by atoms with E-state index in [4.69, 9.17) is 0 Å². The summed E-state index contributed by atoms with van der Waals surface area (Å²) in [5.74, 6) is 1.22. The molecule has 0 aliphatic heterocycles. The summed E-state index contributed by atoms with van der Waals surface area (Å²) < 4.78 is 0. The van der Waals surface area contributed by atoms with Crippen molar-refractivity contribution in [3.05, 3.63) is 22.4 Å². The molecule has 0 amide bonds. The van der Waals surface area contributed by atoms with Gasteiger partial charge in [0.25, 0.3) is 0 Å². The number of hydrogen-bond donors (Lipinski definition) is 1. The summed E-state index contributed by atoms with van der Waals surface area (Å²) in [7, 11) is 2.07. The van der Waals surface area contributed by atoms with Gasteiger partial charge < -0.3 is 5.32 Å². The number of hydrogen-bond acceptors (Lipinski definition) is 3. The molecule has 0 radical (unpaired) electrons. The monoisotopic (exact) mass is 255 g/mol. The normalized spacial score (nSPS) is 19.8. The van der Waals surface area contributed by atoms with E-state index >= 15 is 0 Å². The van der Waals surface area contributed by atoms with Crippen LogP contribution in [0.1, 0.15) is 43.7 Å². The van der Waals surface area contributed by atoms with E-state index in [1.165, 1.54) is 43.4 Å². The van der Waals surface area contributed by atoms with Crippen molar-refractivity contribution < 1.29 is 0 Å². The van der Waals surface area contributed by atoms with E-state index in [-0.39, 0.29) is 0 Å². The van der Waals surface area contributed by atoms with Gasteiger partial charge in [-0.05, 0) is 42.3 Å². The van der Waals surface area contributed by atoms with Crippen molar-refractivity contribution in [2.75, 3.05) is 12.8 Å². The number of rotatable bonds is 5. The van der Waals surface area contributed by atoms with Crippen LogP contribution in [0.25, 0.3) is 0 Å². The zero-order chi connectivity index (χ0) is 11.2. The molecule has 0 spiro atoms. The first kappa shape index (κ1) is 12.5. The van der Waals surface area contributed by atoms with Gasteiger partial charge >= 0.3 is 0 Å². The fourth-order valence-electron chi connectivity index (χ4n) is 2.28. The first-order valence-corrected chi connectivity index (χ1v) is 8.20. The van der Waals surface area contributed by atoms with Gasteiger partial charge in [-0.1, -0.05) is 19.3 Å². The lowest BCUT2D eigenvalue weighted by Gasteiger charge is -2.23. The van der Waals surface area contributed by atoms with E-state index in [0.717, 1.165) is 5.25 Å². The molecule has 16 heavy (non-hydrogen) atoms. The summed E-state index contributed by atoms with van der Waals surface area (Å²) in [6, 6.07) is 2.78. The molecule has 3 heteroatoms. The highest BCUT2D eigenvalue weighted by Gasteiger charge is 2.16. The summed E-state index contributed by atoms with van der Waals surface area (Å²) in [5.41, 5.74) is 1.45. The van der Waals surface area contributed by atoms with Crippen molar-refractivity contribution in [3.8, 4) is 0 Å². The van der Waals surface area contributed by atoms with Gasteiger partial charge in [-0.15, -0.1) is 0 Å². The van der Waals surface area contributed by atoms with Crippen LogP contribution in [0.5, 0.6) is 0 Å². The van der Waals surface area contributed by atoms with E-state index in [9.17, 15) is 0 Å². The molecule has 1 atom stereocenters. The van der Waals surface area contributed by atoms with E-state index in [2.05, 4.69) is 41.0 Å². The van der Waals surface area contributed by atoms with Crippen molar-refractivity contribution in [3.63, 3.8) is 0 Å². The Kier molecular flexibility index (Phi) is 5.20. The summed E-state index contributed by atoms with van der Waals surface area (Å²) in [6.07, 6.45) is 7.22. The maximum atomic E-state index is 3.43. The Morgan fingerprint density at radius 2 is 2.25 bits per heavy atom. The Bertz CT molecular complexity index is 278. The molecular weight excluding hydrogens is 234 g/mol. The smallest absolute Gasteiger partial charge is 0.0417 e. The number of nitrogens with one attached hydrogen (secondary N) is 1. The predicted molar refractivity (Wildman–Crippen MR) is 75.5 cm³/mol. The molecule has 1 heterocycles. The second kappa shape index (κ2) is 6.67. The molecule has 1 saturated carbocycles. The Balaban J connectivity index is 1.78. The minimum atomic E-state index is 0.540. The molecule has 0 saturated heterocycles. The molecule has 90 valence electrons. The zero-order valence-corrected chi connectivity index (χ0v) is 11.6.